The van der Waals surface area contributed by atoms with E-state index in [1.807, 2.05) is 0 Å². The molecule has 1 aromatic heterocycles. The maximum atomic E-state index is 11.0. The minimum Gasteiger partial charge on any atom is -0.485 e. The fourth-order valence-corrected chi connectivity index (χ4v) is 1.89. The molecule has 0 aliphatic carbocycles. The second kappa shape index (κ2) is 2.79. The van der Waals surface area contributed by atoms with Gasteiger partial charge in [0.15, 0.2) is 11.5 Å². The minimum absolute atomic E-state index is 0.0570. The van der Waals surface area contributed by atoms with Crippen LogP contribution in [0.4, 0.5) is 0 Å². The topological polar surface area (TPSA) is 35.5 Å². The highest BCUT2D eigenvalue weighted by atomic mass is 32.1. The Bertz CT molecular complexity index is 293. The molecule has 0 saturated heterocycles. The maximum Gasteiger partial charge on any atom is 0.217 e. The van der Waals surface area contributed by atoms with Crippen molar-refractivity contribution < 1.29 is 14.3 Å². The summed E-state index contributed by atoms with van der Waals surface area (Å²) in [5.74, 6) is 0.762. The van der Waals surface area contributed by atoms with Gasteiger partial charge in [-0.2, -0.15) is 0 Å². The number of carbonyl (C=O) groups excluding carboxylic acids is 1. The van der Waals surface area contributed by atoms with Gasteiger partial charge in [0, 0.05) is 6.07 Å². The van der Waals surface area contributed by atoms with Crippen molar-refractivity contribution in [3.8, 4) is 10.8 Å². The van der Waals surface area contributed by atoms with E-state index in [1.54, 1.807) is 6.07 Å². The zero-order chi connectivity index (χ0) is 8.55. The molecule has 0 bridgehead atoms. The average Bonchev–Trinajstić information content (AvgIpc) is 2.46. The van der Waals surface area contributed by atoms with Crippen LogP contribution in [0.2, 0.25) is 0 Å². The molecule has 2 heterocycles. The van der Waals surface area contributed by atoms with Gasteiger partial charge in [0.1, 0.15) is 13.2 Å². The van der Waals surface area contributed by atoms with Crippen LogP contribution in [0.3, 0.4) is 0 Å². The molecule has 0 fully saturated rings. The summed E-state index contributed by atoms with van der Waals surface area (Å²) in [6.45, 7) is 2.68. The first-order chi connectivity index (χ1) is 5.77. The lowest BCUT2D eigenvalue weighted by molar-refractivity contribution is 0.102. The molecule has 1 aromatic rings. The van der Waals surface area contributed by atoms with Crippen LogP contribution >= 0.6 is 11.3 Å². The van der Waals surface area contributed by atoms with E-state index in [2.05, 4.69) is 0 Å². The Labute approximate surface area is 73.9 Å². The summed E-state index contributed by atoms with van der Waals surface area (Å²) in [5, 5.41) is 0.728. The van der Waals surface area contributed by atoms with Crippen LogP contribution in [-0.2, 0) is 0 Å². The van der Waals surface area contributed by atoms with E-state index in [4.69, 9.17) is 9.47 Å². The first kappa shape index (κ1) is 7.61. The third-order valence-corrected chi connectivity index (χ3v) is 2.72. The molecular formula is C8H8O3S. The van der Waals surface area contributed by atoms with Gasteiger partial charge >= 0.3 is 0 Å². The normalized spacial score (nSPS) is 14.4. The Morgan fingerprint density at radius 1 is 1.50 bits per heavy atom. The van der Waals surface area contributed by atoms with Crippen molar-refractivity contribution in [2.75, 3.05) is 13.2 Å². The smallest absolute Gasteiger partial charge is 0.217 e. The molecule has 3 nitrogen and oxygen atoms in total. The predicted octanol–water partition coefficient (Wildman–Crippen LogP) is 1.72. The van der Waals surface area contributed by atoms with Gasteiger partial charge in [0.2, 0.25) is 5.06 Å². The van der Waals surface area contributed by atoms with Crippen molar-refractivity contribution in [2.24, 2.45) is 0 Å². The van der Waals surface area contributed by atoms with Crippen LogP contribution in [0.25, 0.3) is 0 Å². The Hall–Kier alpha value is -1.03. The number of Topliss-reactive ketones (excluding diaryl/α,β-unsaturated/α-hetero) is 1. The first-order valence-electron chi connectivity index (χ1n) is 3.68. The van der Waals surface area contributed by atoms with Crippen molar-refractivity contribution in [1.29, 1.82) is 0 Å². The molecule has 64 valence electrons. The molecule has 1 aliphatic heterocycles. The molecule has 0 spiro atoms. The second-order valence-corrected chi connectivity index (χ2v) is 3.53. The average molecular weight is 184 g/mol. The van der Waals surface area contributed by atoms with E-state index in [0.717, 1.165) is 5.06 Å². The monoisotopic (exact) mass is 184 g/mol. The molecule has 0 amide bonds. The molecule has 1 aliphatic rings. The molecule has 4 heteroatoms. The van der Waals surface area contributed by atoms with E-state index in [9.17, 15) is 4.79 Å². The standard InChI is InChI=1S/C8H8O3S/c1-5(9)7-4-6-8(12-7)11-3-2-10-6/h4H,2-3H2,1H3. The second-order valence-electron chi connectivity index (χ2n) is 2.52. The summed E-state index contributed by atoms with van der Waals surface area (Å²) in [7, 11) is 0. The van der Waals surface area contributed by atoms with E-state index in [1.165, 1.54) is 18.3 Å². The van der Waals surface area contributed by atoms with Crippen LogP contribution in [0.5, 0.6) is 10.8 Å². The van der Waals surface area contributed by atoms with Gasteiger partial charge in [-0.1, -0.05) is 11.3 Å². The van der Waals surface area contributed by atoms with Gasteiger partial charge in [-0.05, 0) is 6.92 Å². The highest BCUT2D eigenvalue weighted by Crippen LogP contribution is 2.39. The van der Waals surface area contributed by atoms with Gasteiger partial charge in [0.25, 0.3) is 0 Å². The third-order valence-electron chi connectivity index (χ3n) is 1.59. The molecule has 2 rings (SSSR count). The third kappa shape index (κ3) is 1.18. The minimum atomic E-state index is 0.0570. The largest absolute Gasteiger partial charge is 0.485 e. The highest BCUT2D eigenvalue weighted by Gasteiger charge is 2.17. The fraction of sp³-hybridized carbons (Fsp3) is 0.375. The maximum absolute atomic E-state index is 11.0. The Morgan fingerprint density at radius 3 is 2.92 bits per heavy atom. The van der Waals surface area contributed by atoms with Crippen LogP contribution in [0, 0.1) is 0 Å². The van der Waals surface area contributed by atoms with Crippen molar-refractivity contribution in [1.82, 2.24) is 0 Å². The SMILES string of the molecule is CC(=O)c1cc2c(s1)OCCO2. The molecule has 0 atom stereocenters. The van der Waals surface area contributed by atoms with E-state index < -0.39 is 0 Å². The van der Waals surface area contributed by atoms with Crippen LogP contribution in [0.1, 0.15) is 16.6 Å². The lowest BCUT2D eigenvalue weighted by Gasteiger charge is -2.13. The van der Waals surface area contributed by atoms with Crippen molar-refractivity contribution in [2.45, 2.75) is 6.92 Å². The molecule has 0 saturated carbocycles. The molecule has 12 heavy (non-hydrogen) atoms. The lowest BCUT2D eigenvalue weighted by atomic mass is 10.3. The fourth-order valence-electron chi connectivity index (χ4n) is 1.02. The van der Waals surface area contributed by atoms with Gasteiger partial charge in [0.05, 0.1) is 4.88 Å². The number of thiophene rings is 1. The summed E-state index contributed by atoms with van der Waals surface area (Å²) >= 11 is 1.35. The number of ether oxygens (including phenoxy) is 2. The zero-order valence-corrected chi connectivity index (χ0v) is 7.44. The first-order valence-corrected chi connectivity index (χ1v) is 4.49. The summed E-state index contributed by atoms with van der Waals surface area (Å²) in [4.78, 5) is 11.7. The Balaban J connectivity index is 2.38. The number of hydrogen-bond acceptors (Lipinski definition) is 4. The predicted molar refractivity (Wildman–Crippen MR) is 45.3 cm³/mol. The Kier molecular flexibility index (Phi) is 1.77. The van der Waals surface area contributed by atoms with Gasteiger partial charge in [-0.3, -0.25) is 4.79 Å². The molecule has 0 radical (unpaired) electrons. The van der Waals surface area contributed by atoms with Crippen LogP contribution in [0.15, 0.2) is 6.07 Å². The molecule has 0 aromatic carbocycles. The van der Waals surface area contributed by atoms with Gasteiger partial charge in [-0.25, -0.2) is 0 Å². The van der Waals surface area contributed by atoms with Crippen molar-refractivity contribution in [3.05, 3.63) is 10.9 Å². The van der Waals surface area contributed by atoms with E-state index in [-0.39, 0.29) is 5.78 Å². The Morgan fingerprint density at radius 2 is 2.25 bits per heavy atom. The summed E-state index contributed by atoms with van der Waals surface area (Å²) in [6.07, 6.45) is 0. The van der Waals surface area contributed by atoms with Gasteiger partial charge in [-0.15, -0.1) is 0 Å². The number of fused-ring (bicyclic) bond motifs is 1. The van der Waals surface area contributed by atoms with Crippen LogP contribution < -0.4 is 9.47 Å². The summed E-state index contributed by atoms with van der Waals surface area (Å²) < 4.78 is 10.6. The summed E-state index contributed by atoms with van der Waals surface area (Å²) in [5.41, 5.74) is 0. The van der Waals surface area contributed by atoms with Crippen molar-refractivity contribution in [3.63, 3.8) is 0 Å². The number of rotatable bonds is 1. The quantitative estimate of drug-likeness (QED) is 0.623. The number of ketones is 1. The molecule has 0 N–H and O–H groups in total. The molecule has 0 unspecified atom stereocenters. The van der Waals surface area contributed by atoms with Gasteiger partial charge < -0.3 is 9.47 Å². The number of carbonyl (C=O) groups is 1. The zero-order valence-electron chi connectivity index (χ0n) is 6.62. The van der Waals surface area contributed by atoms with E-state index >= 15 is 0 Å². The van der Waals surface area contributed by atoms with E-state index in [0.29, 0.717) is 23.8 Å². The number of hydrogen-bond donors (Lipinski definition) is 0. The summed E-state index contributed by atoms with van der Waals surface area (Å²) in [6, 6.07) is 1.74. The molecular weight excluding hydrogens is 176 g/mol. The van der Waals surface area contributed by atoms with Crippen LogP contribution in [-0.4, -0.2) is 19.0 Å². The van der Waals surface area contributed by atoms with Crippen molar-refractivity contribution >= 4 is 17.1 Å². The highest BCUT2D eigenvalue weighted by molar-refractivity contribution is 7.16. The lowest BCUT2D eigenvalue weighted by Crippen LogP contribution is -2.13.